The molecule has 0 fully saturated rings. The molecule has 0 unspecified atom stereocenters. The highest BCUT2D eigenvalue weighted by atomic mass is 79.9. The van der Waals surface area contributed by atoms with Gasteiger partial charge in [-0.3, -0.25) is 0 Å². The van der Waals surface area contributed by atoms with Gasteiger partial charge in [-0.25, -0.2) is 0 Å². The van der Waals surface area contributed by atoms with Crippen LogP contribution in [0.1, 0.15) is 62.3 Å². The molecule has 0 atom stereocenters. The number of hydrogen-bond acceptors (Lipinski definition) is 0. The maximum absolute atomic E-state index is 4.29. The van der Waals surface area contributed by atoms with Crippen molar-refractivity contribution in [3.63, 3.8) is 0 Å². The Hall–Kier alpha value is 1.87. The van der Waals surface area contributed by atoms with Crippen molar-refractivity contribution in [1.29, 1.82) is 0 Å². The molecule has 104 valence electrons. The Morgan fingerprint density at radius 3 is 0.824 bits per heavy atom. The fraction of sp³-hybridized carbons (Fsp3) is 1.00. The molecule has 0 aromatic heterocycles. The minimum atomic E-state index is -1.75. The van der Waals surface area contributed by atoms with Crippen LogP contribution >= 0.6 is 45.9 Å². The summed E-state index contributed by atoms with van der Waals surface area (Å²) in [6, 6.07) is 0. The molecule has 0 saturated heterocycles. The molecule has 0 aliphatic rings. The summed E-state index contributed by atoms with van der Waals surface area (Å²) in [5, 5.41) is 0.888. The SMILES string of the molecule is CC(C)(C)[Si](Br)(Br)[Si](Br)(C(C)(C)C)C(C)(C)C. The molecule has 0 saturated carbocycles. The summed E-state index contributed by atoms with van der Waals surface area (Å²) in [5.41, 5.74) is 0. The smallest absolute Gasteiger partial charge is 0.126 e. The zero-order chi connectivity index (χ0) is 14.5. The summed E-state index contributed by atoms with van der Waals surface area (Å²) in [6.07, 6.45) is -1.73. The average molecular weight is 467 g/mol. The van der Waals surface area contributed by atoms with Crippen LogP contribution in [-0.2, 0) is 0 Å². The van der Waals surface area contributed by atoms with Gasteiger partial charge in [-0.15, -0.1) is 45.9 Å². The van der Waals surface area contributed by atoms with Crippen LogP contribution in [-0.4, -0.2) is 11.0 Å². The van der Waals surface area contributed by atoms with Gasteiger partial charge in [0, 0.05) is 0 Å². The molecule has 0 rings (SSSR count). The van der Waals surface area contributed by atoms with Crippen LogP contribution in [0.5, 0.6) is 0 Å². The molecule has 0 heterocycles. The second-order valence-corrected chi connectivity index (χ2v) is 39.9. The van der Waals surface area contributed by atoms with Crippen molar-refractivity contribution in [2.45, 2.75) is 77.4 Å². The molecule has 0 aromatic rings. The third-order valence-corrected chi connectivity index (χ3v) is 59.6. The van der Waals surface area contributed by atoms with E-state index in [0.717, 1.165) is 0 Å². The molecule has 5 heteroatoms. The fourth-order valence-corrected chi connectivity index (χ4v) is 43.3. The lowest BCUT2D eigenvalue weighted by molar-refractivity contribution is 0.646. The summed E-state index contributed by atoms with van der Waals surface area (Å²) in [5.74, 6) is 0. The largest absolute Gasteiger partial charge is 0.209 e. The molecular formula is C12H27Br3Si2. The first-order chi connectivity index (χ1) is 7.00. The third-order valence-electron chi connectivity index (χ3n) is 3.44. The topological polar surface area (TPSA) is 0 Å². The van der Waals surface area contributed by atoms with Crippen molar-refractivity contribution in [2.24, 2.45) is 0 Å². The second-order valence-electron chi connectivity index (χ2n) is 7.98. The van der Waals surface area contributed by atoms with Gasteiger partial charge in [0.05, 0.1) is 0 Å². The predicted octanol–water partition coefficient (Wildman–Crippen LogP) is 7.04. The predicted molar refractivity (Wildman–Crippen MR) is 97.4 cm³/mol. The van der Waals surface area contributed by atoms with Crippen molar-refractivity contribution in [3.05, 3.63) is 0 Å². The van der Waals surface area contributed by atoms with E-state index in [1.807, 2.05) is 0 Å². The van der Waals surface area contributed by atoms with Crippen molar-refractivity contribution in [1.82, 2.24) is 0 Å². The zero-order valence-electron chi connectivity index (χ0n) is 12.6. The lowest BCUT2D eigenvalue weighted by Gasteiger charge is -2.57. The second kappa shape index (κ2) is 5.01. The number of halogens is 3. The highest BCUT2D eigenvalue weighted by molar-refractivity contribution is 9.57. The normalized spacial score (nSPS) is 16.2. The standard InChI is InChI=1S/C12H27Br3Si2/c1-10(2,3)16(13,11(4,5)6)17(14,15)12(7,8)9/h1-9H3. The molecule has 0 aliphatic carbocycles. The van der Waals surface area contributed by atoms with Gasteiger partial charge in [-0.2, -0.15) is 0 Å². The first kappa shape index (κ1) is 18.9. The third kappa shape index (κ3) is 3.14. The Labute approximate surface area is 133 Å². The first-order valence-corrected chi connectivity index (χ1v) is 17.8. The summed E-state index contributed by atoms with van der Waals surface area (Å²) in [7, 11) is 0. The van der Waals surface area contributed by atoms with E-state index >= 15 is 0 Å². The van der Waals surface area contributed by atoms with E-state index in [2.05, 4.69) is 108 Å². The minimum absolute atomic E-state index is 0.281. The molecule has 0 amide bonds. The Morgan fingerprint density at radius 2 is 0.765 bits per heavy atom. The molecule has 0 nitrogen and oxygen atoms in total. The molecule has 0 aromatic carbocycles. The van der Waals surface area contributed by atoms with E-state index in [1.54, 1.807) is 0 Å². The van der Waals surface area contributed by atoms with E-state index in [0.29, 0.717) is 10.1 Å². The van der Waals surface area contributed by atoms with Gasteiger partial charge in [0.25, 0.3) is 0 Å². The molecule has 0 spiro atoms. The summed E-state index contributed by atoms with van der Waals surface area (Å²) < 4.78 is 0. The Bertz CT molecular complexity index is 266. The van der Waals surface area contributed by atoms with Crippen molar-refractivity contribution in [2.75, 3.05) is 0 Å². The van der Waals surface area contributed by atoms with Crippen LogP contribution in [0.4, 0.5) is 0 Å². The first-order valence-electron chi connectivity index (χ1n) is 6.07. The Balaban J connectivity index is 6.04. The van der Waals surface area contributed by atoms with Crippen LogP contribution in [0.25, 0.3) is 0 Å². The summed E-state index contributed by atoms with van der Waals surface area (Å²) in [6.45, 7) is 21.4. The van der Waals surface area contributed by atoms with Crippen LogP contribution in [0.3, 0.4) is 0 Å². The summed E-state index contributed by atoms with van der Waals surface area (Å²) in [4.78, 5) is -1.75. The quantitative estimate of drug-likeness (QED) is 0.287. The van der Waals surface area contributed by atoms with E-state index < -0.39 is 11.0 Å². The van der Waals surface area contributed by atoms with Gasteiger partial charge in [0.1, 0.15) is 0 Å². The van der Waals surface area contributed by atoms with E-state index in [4.69, 9.17) is 0 Å². The summed E-state index contributed by atoms with van der Waals surface area (Å²) >= 11 is 12.6. The van der Waals surface area contributed by atoms with Crippen molar-refractivity contribution < 1.29 is 0 Å². The molecule has 0 radical (unpaired) electrons. The molecule has 17 heavy (non-hydrogen) atoms. The number of rotatable bonds is 1. The van der Waals surface area contributed by atoms with E-state index in [9.17, 15) is 0 Å². The average Bonchev–Trinajstić information content (AvgIpc) is 1.95. The van der Waals surface area contributed by atoms with Crippen molar-refractivity contribution in [3.8, 4) is 0 Å². The van der Waals surface area contributed by atoms with Gasteiger partial charge in [0.15, 0.2) is 6.21 Å². The molecule has 0 bridgehead atoms. The zero-order valence-corrected chi connectivity index (χ0v) is 19.4. The Morgan fingerprint density at radius 1 is 0.529 bits per heavy atom. The van der Waals surface area contributed by atoms with Gasteiger partial charge >= 0.3 is 0 Å². The van der Waals surface area contributed by atoms with Crippen LogP contribution in [0.2, 0.25) is 15.1 Å². The monoisotopic (exact) mass is 464 g/mol. The maximum atomic E-state index is 4.29. The van der Waals surface area contributed by atoms with E-state index in [1.165, 1.54) is 0 Å². The highest BCUT2D eigenvalue weighted by Gasteiger charge is 2.68. The maximum Gasteiger partial charge on any atom is 0.209 e. The lowest BCUT2D eigenvalue weighted by atomic mass is 10.2. The Kier molecular flexibility index (Phi) is 5.56. The molecule has 0 N–H and O–H groups in total. The van der Waals surface area contributed by atoms with Crippen LogP contribution in [0, 0.1) is 0 Å². The molecule has 0 aliphatic heterocycles. The van der Waals surface area contributed by atoms with Gasteiger partial charge in [0.2, 0.25) is 4.83 Å². The van der Waals surface area contributed by atoms with Gasteiger partial charge < -0.3 is 0 Å². The fourth-order valence-electron chi connectivity index (χ4n) is 2.58. The number of hydrogen-bond donors (Lipinski definition) is 0. The van der Waals surface area contributed by atoms with E-state index in [-0.39, 0.29) is 5.04 Å². The van der Waals surface area contributed by atoms with Gasteiger partial charge in [-0.1, -0.05) is 62.3 Å². The van der Waals surface area contributed by atoms with Gasteiger partial charge in [-0.05, 0) is 15.1 Å². The molecular weight excluding hydrogens is 440 g/mol. The van der Waals surface area contributed by atoms with Crippen molar-refractivity contribution >= 4 is 56.9 Å². The lowest BCUT2D eigenvalue weighted by Crippen LogP contribution is -2.65. The van der Waals surface area contributed by atoms with Crippen LogP contribution < -0.4 is 0 Å². The highest BCUT2D eigenvalue weighted by Crippen LogP contribution is 2.67. The minimum Gasteiger partial charge on any atom is -0.126 e. The van der Waals surface area contributed by atoms with Crippen LogP contribution in [0.15, 0.2) is 0 Å².